The van der Waals surface area contributed by atoms with Crippen LogP contribution in [-0.2, 0) is 0 Å². The van der Waals surface area contributed by atoms with Gasteiger partial charge in [0, 0.05) is 6.54 Å². The van der Waals surface area contributed by atoms with Crippen LogP contribution in [0.25, 0.3) is 0 Å². The van der Waals surface area contributed by atoms with Gasteiger partial charge in [-0.25, -0.2) is 0 Å². The van der Waals surface area contributed by atoms with E-state index in [2.05, 4.69) is 32.6 Å². The quantitative estimate of drug-likeness (QED) is 0.467. The molecule has 0 aromatic carbocycles. The molecule has 0 aliphatic carbocycles. The lowest BCUT2D eigenvalue weighted by Crippen LogP contribution is -2.29. The van der Waals surface area contributed by atoms with Gasteiger partial charge in [-0.3, -0.25) is 0 Å². The molecule has 0 spiro atoms. The lowest BCUT2D eigenvalue weighted by molar-refractivity contribution is 0.190. The number of rotatable bonds is 14. The average Bonchev–Trinajstić information content (AvgIpc) is 2.37. The van der Waals surface area contributed by atoms with E-state index < -0.39 is 0 Å². The van der Waals surface area contributed by atoms with Gasteiger partial charge in [0.15, 0.2) is 0 Å². The highest BCUT2D eigenvalue weighted by atomic mass is 16.3. The van der Waals surface area contributed by atoms with Gasteiger partial charge < -0.3 is 10.0 Å². The molecule has 0 unspecified atom stereocenters. The molecule has 0 aliphatic rings. The van der Waals surface area contributed by atoms with Crippen LogP contribution in [0.4, 0.5) is 0 Å². The first kappa shape index (κ1) is 19.9. The van der Waals surface area contributed by atoms with E-state index >= 15 is 0 Å². The number of nitrogens with zero attached hydrogens (tertiary/aromatic N) is 1. The normalized spacial score (nSPS) is 12.0. The Morgan fingerprint density at radius 1 is 0.650 bits per heavy atom. The molecule has 2 nitrogen and oxygen atoms in total. The van der Waals surface area contributed by atoms with E-state index in [-0.39, 0.29) is 0 Å². The molecule has 0 saturated heterocycles. The van der Waals surface area contributed by atoms with Crippen molar-refractivity contribution >= 4 is 0 Å². The maximum atomic E-state index is 9.15. The van der Waals surface area contributed by atoms with Crippen LogP contribution < -0.4 is 0 Å². The van der Waals surface area contributed by atoms with Crippen molar-refractivity contribution < 1.29 is 5.11 Å². The van der Waals surface area contributed by atoms with Gasteiger partial charge in [-0.2, -0.15) is 0 Å². The Labute approximate surface area is 127 Å². The maximum absolute atomic E-state index is 9.15. The predicted molar refractivity (Wildman–Crippen MR) is 90.1 cm³/mol. The molecule has 0 aliphatic heterocycles. The summed E-state index contributed by atoms with van der Waals surface area (Å²) in [6.07, 6.45) is 10.7. The smallest absolute Gasteiger partial charge is 0.0558 e. The summed E-state index contributed by atoms with van der Waals surface area (Å²) in [5, 5.41) is 9.15. The Bertz CT molecular complexity index is 174. The summed E-state index contributed by atoms with van der Waals surface area (Å²) in [5.74, 6) is 1.68. The summed E-state index contributed by atoms with van der Waals surface area (Å²) in [6, 6.07) is 0. The van der Waals surface area contributed by atoms with Crippen LogP contribution in [0.1, 0.15) is 79.1 Å². The second kappa shape index (κ2) is 13.9. The predicted octanol–water partition coefficient (Wildman–Crippen LogP) is 4.71. The highest BCUT2D eigenvalue weighted by molar-refractivity contribution is 4.59. The van der Waals surface area contributed by atoms with Gasteiger partial charge in [0.1, 0.15) is 0 Å². The molecule has 0 atom stereocenters. The van der Waals surface area contributed by atoms with Crippen molar-refractivity contribution in [2.45, 2.75) is 79.1 Å². The Balaban J connectivity index is 3.55. The summed E-state index contributed by atoms with van der Waals surface area (Å²) in [4.78, 5) is 2.45. The molecule has 2 heteroatoms. The van der Waals surface area contributed by atoms with Crippen molar-refractivity contribution in [3.8, 4) is 0 Å². The first-order valence-electron chi connectivity index (χ1n) is 8.89. The van der Waals surface area contributed by atoms with Crippen molar-refractivity contribution in [1.82, 2.24) is 4.90 Å². The highest BCUT2D eigenvalue weighted by Gasteiger charge is 2.04. The number of aliphatic hydroxyl groups excluding tert-OH is 1. The molecule has 122 valence electrons. The van der Waals surface area contributed by atoms with Gasteiger partial charge in [0.05, 0.1) is 6.61 Å². The van der Waals surface area contributed by atoms with Crippen molar-refractivity contribution in [1.29, 1.82) is 0 Å². The van der Waals surface area contributed by atoms with Crippen molar-refractivity contribution in [2.75, 3.05) is 26.2 Å². The fraction of sp³-hybridized carbons (Fsp3) is 1.00. The third-order valence-corrected chi connectivity index (χ3v) is 3.93. The van der Waals surface area contributed by atoms with Crippen LogP contribution >= 0.6 is 0 Å². The number of aliphatic hydroxyl groups is 1. The number of hydrogen-bond acceptors (Lipinski definition) is 2. The molecule has 0 heterocycles. The molecule has 0 aromatic rings. The van der Waals surface area contributed by atoms with Gasteiger partial charge in [-0.05, 0) is 37.8 Å². The van der Waals surface area contributed by atoms with E-state index in [9.17, 15) is 0 Å². The maximum Gasteiger partial charge on any atom is 0.0558 e. The zero-order chi connectivity index (χ0) is 15.2. The Kier molecular flexibility index (Phi) is 13.8. The monoisotopic (exact) mass is 285 g/mol. The summed E-state index contributed by atoms with van der Waals surface area (Å²) < 4.78 is 0. The zero-order valence-electron chi connectivity index (χ0n) is 14.5. The Hall–Kier alpha value is -0.0800. The van der Waals surface area contributed by atoms with Crippen LogP contribution in [0.3, 0.4) is 0 Å². The minimum atomic E-state index is 0.304. The topological polar surface area (TPSA) is 23.5 Å². The molecule has 20 heavy (non-hydrogen) atoms. The standard InChI is InChI=1S/C18H39NO/c1-17(2)11-7-5-9-13-19(15-16-20)14-10-6-8-12-18(3)4/h17-18,20H,5-16H2,1-4H3. The molecule has 0 aromatic heterocycles. The minimum Gasteiger partial charge on any atom is -0.395 e. The Morgan fingerprint density at radius 2 is 1.10 bits per heavy atom. The van der Waals surface area contributed by atoms with Crippen LogP contribution in [0.15, 0.2) is 0 Å². The molecular weight excluding hydrogens is 246 g/mol. The van der Waals surface area contributed by atoms with Crippen LogP contribution in [0.5, 0.6) is 0 Å². The summed E-state index contributed by atoms with van der Waals surface area (Å²) in [6.45, 7) is 12.7. The molecule has 0 fully saturated rings. The van der Waals surface area contributed by atoms with E-state index in [4.69, 9.17) is 5.11 Å². The van der Waals surface area contributed by atoms with E-state index in [0.29, 0.717) is 6.61 Å². The zero-order valence-corrected chi connectivity index (χ0v) is 14.5. The van der Waals surface area contributed by atoms with Gasteiger partial charge in [0.25, 0.3) is 0 Å². The van der Waals surface area contributed by atoms with E-state index in [1.165, 1.54) is 64.5 Å². The second-order valence-electron chi connectivity index (χ2n) is 7.05. The van der Waals surface area contributed by atoms with Crippen LogP contribution in [0.2, 0.25) is 0 Å². The highest BCUT2D eigenvalue weighted by Crippen LogP contribution is 2.10. The van der Waals surface area contributed by atoms with Crippen LogP contribution in [0, 0.1) is 11.8 Å². The van der Waals surface area contributed by atoms with Crippen molar-refractivity contribution in [3.05, 3.63) is 0 Å². The molecule has 0 saturated carbocycles. The van der Waals surface area contributed by atoms with Crippen molar-refractivity contribution in [2.24, 2.45) is 11.8 Å². The fourth-order valence-electron chi connectivity index (χ4n) is 2.61. The van der Waals surface area contributed by atoms with Gasteiger partial charge >= 0.3 is 0 Å². The molecule has 1 N–H and O–H groups in total. The second-order valence-corrected chi connectivity index (χ2v) is 7.05. The number of unbranched alkanes of at least 4 members (excludes halogenated alkanes) is 4. The van der Waals surface area contributed by atoms with E-state index in [1.807, 2.05) is 0 Å². The molecular formula is C18H39NO. The average molecular weight is 286 g/mol. The third-order valence-electron chi connectivity index (χ3n) is 3.93. The lowest BCUT2D eigenvalue weighted by Gasteiger charge is -2.21. The molecule has 0 amide bonds. The Morgan fingerprint density at radius 3 is 1.45 bits per heavy atom. The third kappa shape index (κ3) is 14.3. The molecule has 0 bridgehead atoms. The summed E-state index contributed by atoms with van der Waals surface area (Å²) in [5.41, 5.74) is 0. The number of hydrogen-bond donors (Lipinski definition) is 1. The van der Waals surface area contributed by atoms with Gasteiger partial charge in [-0.1, -0.05) is 66.2 Å². The first-order chi connectivity index (χ1) is 9.56. The minimum absolute atomic E-state index is 0.304. The SMILES string of the molecule is CC(C)CCCCCN(CCO)CCCCCC(C)C. The largest absolute Gasteiger partial charge is 0.395 e. The molecule has 0 radical (unpaired) electrons. The molecule has 0 rings (SSSR count). The van der Waals surface area contributed by atoms with Gasteiger partial charge in [0.2, 0.25) is 0 Å². The summed E-state index contributed by atoms with van der Waals surface area (Å²) in [7, 11) is 0. The summed E-state index contributed by atoms with van der Waals surface area (Å²) >= 11 is 0. The van der Waals surface area contributed by atoms with E-state index in [1.54, 1.807) is 0 Å². The van der Waals surface area contributed by atoms with Gasteiger partial charge in [-0.15, -0.1) is 0 Å². The lowest BCUT2D eigenvalue weighted by atomic mass is 10.0. The fourth-order valence-corrected chi connectivity index (χ4v) is 2.61. The van der Waals surface area contributed by atoms with E-state index in [0.717, 1.165) is 18.4 Å². The first-order valence-corrected chi connectivity index (χ1v) is 8.89. The van der Waals surface area contributed by atoms with Crippen LogP contribution in [-0.4, -0.2) is 36.2 Å². The van der Waals surface area contributed by atoms with Crippen molar-refractivity contribution in [3.63, 3.8) is 0 Å².